The number of rotatable bonds is 3. The van der Waals surface area contributed by atoms with Gasteiger partial charge in [0, 0.05) is 25.2 Å². The first kappa shape index (κ1) is 19.4. The van der Waals surface area contributed by atoms with Gasteiger partial charge in [0.05, 0.1) is 24.7 Å². The van der Waals surface area contributed by atoms with Crippen molar-refractivity contribution in [2.24, 2.45) is 5.92 Å². The maximum absolute atomic E-state index is 13.9. The van der Waals surface area contributed by atoms with Crippen molar-refractivity contribution >= 4 is 11.8 Å². The summed E-state index contributed by atoms with van der Waals surface area (Å²) < 4.78 is 5.48. The highest BCUT2D eigenvalue weighted by Crippen LogP contribution is 2.50. The van der Waals surface area contributed by atoms with Gasteiger partial charge in [-0.15, -0.1) is 0 Å². The van der Waals surface area contributed by atoms with E-state index in [0.717, 1.165) is 31.2 Å². The number of hydrogen-bond donors (Lipinski definition) is 0. The van der Waals surface area contributed by atoms with Crippen LogP contribution in [0.4, 0.5) is 0 Å². The lowest BCUT2D eigenvalue weighted by molar-refractivity contribution is -0.142. The normalized spacial score (nSPS) is 24.5. The largest absolute Gasteiger partial charge is 0.378 e. The SMILES string of the molecule is CC(C)CN1C(=O)c2ccccc2C(C(=O)N2CCOCC2)C12CCCCC2. The topological polar surface area (TPSA) is 49.9 Å². The molecular formula is C23H32N2O3. The van der Waals surface area contributed by atoms with Gasteiger partial charge in [0.15, 0.2) is 0 Å². The van der Waals surface area contributed by atoms with Gasteiger partial charge in [-0.3, -0.25) is 9.59 Å². The van der Waals surface area contributed by atoms with Crippen LogP contribution >= 0.6 is 0 Å². The summed E-state index contributed by atoms with van der Waals surface area (Å²) in [5.41, 5.74) is 1.26. The minimum absolute atomic E-state index is 0.109. The van der Waals surface area contributed by atoms with Crippen molar-refractivity contribution in [2.45, 2.75) is 57.4 Å². The fourth-order valence-corrected chi connectivity index (χ4v) is 5.42. The predicted octanol–water partition coefficient (Wildman–Crippen LogP) is 3.44. The average Bonchev–Trinajstić information content (AvgIpc) is 2.72. The molecule has 1 unspecified atom stereocenters. The Balaban J connectivity index is 1.84. The minimum atomic E-state index is -0.386. The van der Waals surface area contributed by atoms with E-state index in [-0.39, 0.29) is 23.3 Å². The van der Waals surface area contributed by atoms with Crippen LogP contribution in [0.25, 0.3) is 0 Å². The van der Waals surface area contributed by atoms with Gasteiger partial charge >= 0.3 is 0 Å². The second-order valence-corrected chi connectivity index (χ2v) is 8.93. The summed E-state index contributed by atoms with van der Waals surface area (Å²) in [4.78, 5) is 31.5. The van der Waals surface area contributed by atoms with Crippen LogP contribution < -0.4 is 0 Å². The zero-order valence-corrected chi connectivity index (χ0v) is 17.2. The third-order valence-corrected chi connectivity index (χ3v) is 6.66. The van der Waals surface area contributed by atoms with Crippen molar-refractivity contribution in [1.29, 1.82) is 0 Å². The van der Waals surface area contributed by atoms with E-state index in [1.165, 1.54) is 6.42 Å². The minimum Gasteiger partial charge on any atom is -0.378 e. The highest BCUT2D eigenvalue weighted by atomic mass is 16.5. The molecule has 0 bridgehead atoms. The highest BCUT2D eigenvalue weighted by Gasteiger charge is 2.55. The van der Waals surface area contributed by atoms with E-state index < -0.39 is 0 Å². The van der Waals surface area contributed by atoms with Crippen LogP contribution in [0.15, 0.2) is 24.3 Å². The Hall–Kier alpha value is -1.88. The van der Waals surface area contributed by atoms with Crippen molar-refractivity contribution in [3.8, 4) is 0 Å². The summed E-state index contributed by atoms with van der Waals surface area (Å²) in [5.74, 6) is 0.391. The van der Waals surface area contributed by atoms with E-state index in [2.05, 4.69) is 18.7 Å². The second kappa shape index (κ2) is 7.86. The van der Waals surface area contributed by atoms with Gasteiger partial charge in [-0.1, -0.05) is 51.3 Å². The van der Waals surface area contributed by atoms with Crippen LogP contribution in [0.5, 0.6) is 0 Å². The Morgan fingerprint density at radius 3 is 2.50 bits per heavy atom. The monoisotopic (exact) mass is 384 g/mol. The quantitative estimate of drug-likeness (QED) is 0.802. The molecule has 3 aliphatic rings. The molecule has 1 aromatic carbocycles. The number of fused-ring (bicyclic) bond motifs is 1. The molecule has 0 aromatic heterocycles. The second-order valence-electron chi connectivity index (χ2n) is 8.93. The van der Waals surface area contributed by atoms with Crippen LogP contribution in [0, 0.1) is 5.92 Å². The molecule has 5 heteroatoms. The molecule has 1 saturated carbocycles. The van der Waals surface area contributed by atoms with Gasteiger partial charge in [0.1, 0.15) is 0 Å². The molecule has 2 fully saturated rings. The molecule has 1 saturated heterocycles. The number of hydrogen-bond acceptors (Lipinski definition) is 3. The Morgan fingerprint density at radius 1 is 1.14 bits per heavy atom. The molecule has 4 rings (SSSR count). The maximum atomic E-state index is 13.9. The maximum Gasteiger partial charge on any atom is 0.254 e. The summed E-state index contributed by atoms with van der Waals surface area (Å²) in [6.45, 7) is 7.51. The summed E-state index contributed by atoms with van der Waals surface area (Å²) in [7, 11) is 0. The van der Waals surface area contributed by atoms with E-state index in [9.17, 15) is 9.59 Å². The van der Waals surface area contributed by atoms with Crippen LogP contribution in [0.2, 0.25) is 0 Å². The number of carbonyl (C=O) groups excluding carboxylic acids is 2. The van der Waals surface area contributed by atoms with Gasteiger partial charge in [0.25, 0.3) is 5.91 Å². The molecule has 0 N–H and O–H groups in total. The average molecular weight is 385 g/mol. The first-order valence-electron chi connectivity index (χ1n) is 10.8. The van der Waals surface area contributed by atoms with Crippen LogP contribution in [0.3, 0.4) is 0 Å². The highest BCUT2D eigenvalue weighted by molar-refractivity contribution is 6.02. The van der Waals surface area contributed by atoms with E-state index in [1.54, 1.807) is 0 Å². The molecule has 1 aromatic rings. The van der Waals surface area contributed by atoms with Crippen molar-refractivity contribution in [3.63, 3.8) is 0 Å². The van der Waals surface area contributed by atoms with E-state index in [1.807, 2.05) is 29.2 Å². The van der Waals surface area contributed by atoms with Gasteiger partial charge in [-0.05, 0) is 30.4 Å². The molecule has 0 radical (unpaired) electrons. The fourth-order valence-electron chi connectivity index (χ4n) is 5.42. The molecule has 1 atom stereocenters. The van der Waals surface area contributed by atoms with Crippen molar-refractivity contribution in [3.05, 3.63) is 35.4 Å². The van der Waals surface area contributed by atoms with Crippen molar-refractivity contribution < 1.29 is 14.3 Å². The lowest BCUT2D eigenvalue weighted by atomic mass is 9.65. The Bertz CT molecular complexity index is 733. The number of nitrogens with zero attached hydrogens (tertiary/aromatic N) is 2. The third kappa shape index (κ3) is 3.24. The molecule has 152 valence electrons. The molecule has 1 spiro atoms. The molecule has 1 aliphatic carbocycles. The number of amides is 2. The number of carbonyl (C=O) groups is 2. The number of morpholine rings is 1. The Labute approximate surface area is 168 Å². The zero-order valence-electron chi connectivity index (χ0n) is 17.2. The summed E-state index contributed by atoms with van der Waals surface area (Å²) in [6, 6.07) is 7.80. The molecule has 2 aliphatic heterocycles. The van der Waals surface area contributed by atoms with Gasteiger partial charge < -0.3 is 14.5 Å². The predicted molar refractivity (Wildman–Crippen MR) is 108 cm³/mol. The van der Waals surface area contributed by atoms with Gasteiger partial charge in [0.2, 0.25) is 5.91 Å². The number of benzene rings is 1. The van der Waals surface area contributed by atoms with Crippen LogP contribution in [-0.4, -0.2) is 60.0 Å². The van der Waals surface area contributed by atoms with E-state index in [0.29, 0.717) is 44.3 Å². The molecule has 2 amide bonds. The molecule has 2 heterocycles. The third-order valence-electron chi connectivity index (χ3n) is 6.66. The van der Waals surface area contributed by atoms with Crippen LogP contribution in [0.1, 0.15) is 67.8 Å². The fraction of sp³-hybridized carbons (Fsp3) is 0.652. The number of ether oxygens (including phenoxy) is 1. The Morgan fingerprint density at radius 2 is 1.82 bits per heavy atom. The van der Waals surface area contributed by atoms with Crippen LogP contribution in [-0.2, 0) is 9.53 Å². The molecule has 28 heavy (non-hydrogen) atoms. The van der Waals surface area contributed by atoms with Crippen molar-refractivity contribution in [2.75, 3.05) is 32.8 Å². The lowest BCUT2D eigenvalue weighted by Crippen LogP contribution is -2.64. The standard InChI is InChI=1S/C23H32N2O3/c1-17(2)16-25-21(26)19-9-5-4-8-18(19)20(23(25)10-6-3-7-11-23)22(27)24-12-14-28-15-13-24/h4-5,8-9,17,20H,3,6-7,10-16H2,1-2H3. The van der Waals surface area contributed by atoms with Gasteiger partial charge in [-0.25, -0.2) is 0 Å². The van der Waals surface area contributed by atoms with E-state index in [4.69, 9.17) is 4.74 Å². The first-order valence-corrected chi connectivity index (χ1v) is 10.8. The van der Waals surface area contributed by atoms with E-state index >= 15 is 0 Å². The molecular weight excluding hydrogens is 352 g/mol. The first-order chi connectivity index (χ1) is 13.5. The Kier molecular flexibility index (Phi) is 5.46. The summed E-state index contributed by atoms with van der Waals surface area (Å²) in [5, 5.41) is 0. The van der Waals surface area contributed by atoms with Gasteiger partial charge in [-0.2, -0.15) is 0 Å². The summed E-state index contributed by atoms with van der Waals surface area (Å²) in [6.07, 6.45) is 5.18. The smallest absolute Gasteiger partial charge is 0.254 e. The summed E-state index contributed by atoms with van der Waals surface area (Å²) >= 11 is 0. The lowest BCUT2D eigenvalue weighted by Gasteiger charge is -2.55. The molecule has 5 nitrogen and oxygen atoms in total. The van der Waals surface area contributed by atoms with Crippen molar-refractivity contribution in [1.82, 2.24) is 9.80 Å². The zero-order chi connectivity index (χ0) is 19.7.